The molecule has 1 aromatic heterocycles. The monoisotopic (exact) mass is 292 g/mol. The van der Waals surface area contributed by atoms with Crippen molar-refractivity contribution in [3.8, 4) is 0 Å². The van der Waals surface area contributed by atoms with Gasteiger partial charge in [0, 0.05) is 7.05 Å². The summed E-state index contributed by atoms with van der Waals surface area (Å²) in [6, 6.07) is 13.2. The third-order valence-corrected chi connectivity index (χ3v) is 3.28. The first kappa shape index (κ1) is 14.5. The first-order valence-electron chi connectivity index (χ1n) is 6.08. The molecule has 5 heteroatoms. The Morgan fingerprint density at radius 3 is 2.45 bits per heavy atom. The Hall–Kier alpha value is -1.94. The Bertz CT molecular complexity index is 616. The van der Waals surface area contributed by atoms with Crippen molar-refractivity contribution in [3.63, 3.8) is 0 Å². The fraction of sp³-hybridized carbons (Fsp3) is 0.200. The van der Waals surface area contributed by atoms with E-state index in [1.54, 1.807) is 48.5 Å². The number of halogens is 2. The molecule has 0 aliphatic heterocycles. The van der Waals surface area contributed by atoms with Crippen molar-refractivity contribution in [2.24, 2.45) is 0 Å². The number of alkyl halides is 1. The van der Waals surface area contributed by atoms with Gasteiger partial charge in [-0.2, -0.15) is 0 Å². The van der Waals surface area contributed by atoms with Crippen LogP contribution >= 0.6 is 11.6 Å². The van der Waals surface area contributed by atoms with Crippen molar-refractivity contribution in [3.05, 3.63) is 59.2 Å². The van der Waals surface area contributed by atoms with Crippen molar-refractivity contribution in [1.82, 2.24) is 4.98 Å². The van der Waals surface area contributed by atoms with E-state index < -0.39 is 11.6 Å². The number of amides is 1. The van der Waals surface area contributed by atoms with Gasteiger partial charge in [0.05, 0.1) is 0 Å². The van der Waals surface area contributed by atoms with Crippen LogP contribution in [0.15, 0.2) is 48.5 Å². The van der Waals surface area contributed by atoms with Crippen LogP contribution in [0.3, 0.4) is 0 Å². The summed E-state index contributed by atoms with van der Waals surface area (Å²) in [5.41, 5.74) is -1.82. The standard InChI is InChI=1S/C15H14ClFN2O/c1-15(17,11-7-4-3-5-8-11)14(20)19(2)13-10-6-9-12(16)18-13/h3-10H,1-2H3. The highest BCUT2D eigenvalue weighted by molar-refractivity contribution is 6.29. The smallest absolute Gasteiger partial charge is 0.269 e. The second kappa shape index (κ2) is 5.59. The molecule has 0 aliphatic carbocycles. The summed E-state index contributed by atoms with van der Waals surface area (Å²) in [4.78, 5) is 17.5. The highest BCUT2D eigenvalue weighted by atomic mass is 35.5. The number of carbonyl (C=O) groups is 1. The minimum atomic E-state index is -2.12. The summed E-state index contributed by atoms with van der Waals surface area (Å²) >= 11 is 5.78. The molecule has 0 saturated carbocycles. The quantitative estimate of drug-likeness (QED) is 0.810. The number of likely N-dealkylation sites (N-methyl/N-ethyl adjacent to an activating group) is 1. The first-order valence-corrected chi connectivity index (χ1v) is 6.46. The van der Waals surface area contributed by atoms with Crippen LogP contribution in [-0.4, -0.2) is 17.9 Å². The zero-order valence-corrected chi connectivity index (χ0v) is 11.9. The van der Waals surface area contributed by atoms with Crippen LogP contribution in [0.5, 0.6) is 0 Å². The number of aromatic nitrogens is 1. The topological polar surface area (TPSA) is 33.2 Å². The first-order chi connectivity index (χ1) is 9.43. The molecule has 1 aromatic carbocycles. The third-order valence-electron chi connectivity index (χ3n) is 3.07. The average molecular weight is 293 g/mol. The molecule has 20 heavy (non-hydrogen) atoms. The molecule has 0 saturated heterocycles. The Morgan fingerprint density at radius 1 is 1.20 bits per heavy atom. The van der Waals surface area contributed by atoms with E-state index in [0.29, 0.717) is 11.4 Å². The van der Waals surface area contributed by atoms with Gasteiger partial charge < -0.3 is 0 Å². The molecule has 0 bridgehead atoms. The number of hydrogen-bond donors (Lipinski definition) is 0. The van der Waals surface area contributed by atoms with E-state index in [1.807, 2.05) is 0 Å². The van der Waals surface area contributed by atoms with Gasteiger partial charge in [-0.05, 0) is 24.6 Å². The van der Waals surface area contributed by atoms with Crippen molar-refractivity contribution in [2.45, 2.75) is 12.6 Å². The SMILES string of the molecule is CN(C(=O)C(C)(F)c1ccccc1)c1cccc(Cl)n1. The van der Waals surface area contributed by atoms with E-state index in [-0.39, 0.29) is 5.15 Å². The van der Waals surface area contributed by atoms with Gasteiger partial charge in [-0.3, -0.25) is 9.69 Å². The van der Waals surface area contributed by atoms with E-state index in [4.69, 9.17) is 11.6 Å². The average Bonchev–Trinajstić information content (AvgIpc) is 2.46. The molecule has 0 N–H and O–H groups in total. The highest BCUT2D eigenvalue weighted by Crippen LogP contribution is 2.29. The summed E-state index contributed by atoms with van der Waals surface area (Å²) in [5, 5.41) is 0.252. The molecule has 2 rings (SSSR count). The molecule has 1 amide bonds. The molecule has 1 unspecified atom stereocenters. The Balaban J connectivity index is 2.31. The van der Waals surface area contributed by atoms with Gasteiger partial charge in [-0.25, -0.2) is 9.37 Å². The summed E-state index contributed by atoms with van der Waals surface area (Å²) in [5.74, 6) is -0.388. The fourth-order valence-electron chi connectivity index (χ4n) is 1.88. The zero-order chi connectivity index (χ0) is 14.8. The lowest BCUT2D eigenvalue weighted by Crippen LogP contribution is -2.40. The number of pyridine rings is 1. The minimum absolute atomic E-state index is 0.252. The third kappa shape index (κ3) is 2.80. The molecule has 1 atom stereocenters. The summed E-state index contributed by atoms with van der Waals surface area (Å²) < 4.78 is 14.8. The number of anilines is 1. The van der Waals surface area contributed by atoms with Gasteiger partial charge >= 0.3 is 0 Å². The molecule has 2 aromatic rings. The van der Waals surface area contributed by atoms with Gasteiger partial charge in [0.25, 0.3) is 5.91 Å². The van der Waals surface area contributed by atoms with Gasteiger partial charge in [-0.1, -0.05) is 48.0 Å². The Kier molecular flexibility index (Phi) is 4.04. The Labute approximate surface area is 122 Å². The molecular formula is C15H14ClFN2O. The summed E-state index contributed by atoms with van der Waals surface area (Å²) in [6.45, 7) is 1.24. The van der Waals surface area contributed by atoms with E-state index >= 15 is 0 Å². The van der Waals surface area contributed by atoms with Crippen LogP contribution in [-0.2, 0) is 10.5 Å². The Morgan fingerprint density at radius 2 is 1.85 bits per heavy atom. The largest absolute Gasteiger partial charge is 0.297 e. The number of benzene rings is 1. The van der Waals surface area contributed by atoms with Crippen LogP contribution < -0.4 is 4.90 Å². The lowest BCUT2D eigenvalue weighted by Gasteiger charge is -2.26. The molecule has 104 valence electrons. The van der Waals surface area contributed by atoms with Gasteiger partial charge in [0.15, 0.2) is 0 Å². The van der Waals surface area contributed by atoms with Crippen LogP contribution in [0.25, 0.3) is 0 Å². The maximum Gasteiger partial charge on any atom is 0.269 e. The summed E-state index contributed by atoms with van der Waals surface area (Å²) in [7, 11) is 1.47. The number of nitrogens with zero attached hydrogens (tertiary/aromatic N) is 2. The molecule has 3 nitrogen and oxygen atoms in total. The van der Waals surface area contributed by atoms with Crippen molar-refractivity contribution < 1.29 is 9.18 Å². The molecule has 0 spiro atoms. The van der Waals surface area contributed by atoms with E-state index in [9.17, 15) is 9.18 Å². The predicted molar refractivity (Wildman–Crippen MR) is 77.6 cm³/mol. The van der Waals surface area contributed by atoms with Gasteiger partial charge in [0.1, 0.15) is 11.0 Å². The number of carbonyl (C=O) groups excluding carboxylic acids is 1. The fourth-order valence-corrected chi connectivity index (χ4v) is 2.04. The van der Waals surface area contributed by atoms with E-state index in [0.717, 1.165) is 0 Å². The van der Waals surface area contributed by atoms with Crippen LogP contribution in [0.4, 0.5) is 10.2 Å². The van der Waals surface area contributed by atoms with E-state index in [2.05, 4.69) is 4.98 Å². The molecule has 0 radical (unpaired) electrons. The van der Waals surface area contributed by atoms with Crippen molar-refractivity contribution in [1.29, 1.82) is 0 Å². The maximum atomic E-state index is 14.8. The van der Waals surface area contributed by atoms with Crippen LogP contribution in [0.2, 0.25) is 5.15 Å². The predicted octanol–water partition coefficient (Wildman–Crippen LogP) is 3.58. The van der Waals surface area contributed by atoms with Crippen LogP contribution in [0.1, 0.15) is 12.5 Å². The van der Waals surface area contributed by atoms with E-state index in [1.165, 1.54) is 18.9 Å². The molecule has 1 heterocycles. The minimum Gasteiger partial charge on any atom is -0.297 e. The second-order valence-electron chi connectivity index (χ2n) is 4.55. The zero-order valence-electron chi connectivity index (χ0n) is 11.2. The number of rotatable bonds is 3. The lowest BCUT2D eigenvalue weighted by molar-refractivity contribution is -0.129. The van der Waals surface area contributed by atoms with Crippen molar-refractivity contribution >= 4 is 23.3 Å². The maximum absolute atomic E-state index is 14.8. The molecular weight excluding hydrogens is 279 g/mol. The van der Waals surface area contributed by atoms with Gasteiger partial charge in [-0.15, -0.1) is 0 Å². The normalized spacial score (nSPS) is 13.6. The van der Waals surface area contributed by atoms with Crippen molar-refractivity contribution in [2.75, 3.05) is 11.9 Å². The summed E-state index contributed by atoms with van der Waals surface area (Å²) in [6.07, 6.45) is 0. The highest BCUT2D eigenvalue weighted by Gasteiger charge is 2.38. The van der Waals surface area contributed by atoms with Gasteiger partial charge in [0.2, 0.25) is 5.67 Å². The number of hydrogen-bond acceptors (Lipinski definition) is 2. The molecule has 0 fully saturated rings. The molecule has 0 aliphatic rings. The van der Waals surface area contributed by atoms with Crippen LogP contribution in [0, 0.1) is 0 Å². The lowest BCUT2D eigenvalue weighted by atomic mass is 9.96. The second-order valence-corrected chi connectivity index (χ2v) is 4.94.